The summed E-state index contributed by atoms with van der Waals surface area (Å²) in [4.78, 5) is 12.0. The molecule has 1 saturated carbocycles. The molecule has 3 atom stereocenters. The first-order valence-corrected chi connectivity index (χ1v) is 8.13. The number of carbonyl (C=O) groups excluding carboxylic acids is 1. The van der Waals surface area contributed by atoms with Crippen LogP contribution in [0.1, 0.15) is 58.8 Å². The first-order chi connectivity index (χ1) is 9.13. The van der Waals surface area contributed by atoms with Crippen LogP contribution in [0.5, 0.6) is 0 Å². The highest BCUT2D eigenvalue weighted by Gasteiger charge is 2.25. The van der Waals surface area contributed by atoms with Crippen LogP contribution in [0, 0.1) is 17.8 Å². The number of amides is 1. The molecule has 1 amide bonds. The molecule has 3 unspecified atom stereocenters. The van der Waals surface area contributed by atoms with Gasteiger partial charge in [-0.25, -0.2) is 0 Å². The van der Waals surface area contributed by atoms with Gasteiger partial charge in [0, 0.05) is 12.5 Å². The number of rotatable bonds is 4. The Morgan fingerprint density at radius 1 is 1.21 bits per heavy atom. The molecule has 2 fully saturated rings. The van der Waals surface area contributed by atoms with Crippen molar-refractivity contribution < 1.29 is 4.79 Å². The Balaban J connectivity index is 1.65. The molecule has 0 aromatic carbocycles. The van der Waals surface area contributed by atoms with E-state index in [1.807, 2.05) is 0 Å². The van der Waals surface area contributed by atoms with Gasteiger partial charge in [0.05, 0.1) is 0 Å². The van der Waals surface area contributed by atoms with E-state index in [1.165, 1.54) is 32.1 Å². The zero-order valence-electron chi connectivity index (χ0n) is 12.6. The van der Waals surface area contributed by atoms with Crippen molar-refractivity contribution in [3.8, 4) is 0 Å². The zero-order valence-corrected chi connectivity index (χ0v) is 12.6. The lowest BCUT2D eigenvalue weighted by Crippen LogP contribution is -2.40. The Morgan fingerprint density at radius 2 is 1.95 bits per heavy atom. The number of carbonyl (C=O) groups is 1. The van der Waals surface area contributed by atoms with Crippen LogP contribution in [-0.2, 0) is 4.79 Å². The largest absolute Gasteiger partial charge is 0.353 e. The van der Waals surface area contributed by atoms with Crippen LogP contribution in [0.2, 0.25) is 0 Å². The first-order valence-electron chi connectivity index (χ1n) is 8.13. The summed E-state index contributed by atoms with van der Waals surface area (Å²) in [6.07, 6.45) is 7.98. The summed E-state index contributed by atoms with van der Waals surface area (Å²) in [5.41, 5.74) is 0. The van der Waals surface area contributed by atoms with Crippen molar-refractivity contribution in [1.29, 1.82) is 0 Å². The van der Waals surface area contributed by atoms with Crippen LogP contribution in [0.25, 0.3) is 0 Å². The highest BCUT2D eigenvalue weighted by molar-refractivity contribution is 5.76. The zero-order chi connectivity index (χ0) is 13.7. The van der Waals surface area contributed by atoms with E-state index in [0.29, 0.717) is 18.4 Å². The molecule has 1 aliphatic heterocycles. The van der Waals surface area contributed by atoms with Gasteiger partial charge in [-0.15, -0.1) is 0 Å². The SMILES string of the molecule is CC1CC(C)CC(NC(=O)CCC2CCCNC2)C1. The summed E-state index contributed by atoms with van der Waals surface area (Å²) >= 11 is 0. The van der Waals surface area contributed by atoms with Crippen LogP contribution in [0.4, 0.5) is 0 Å². The normalized spacial score (nSPS) is 35.9. The number of hydrogen-bond acceptors (Lipinski definition) is 2. The first kappa shape index (κ1) is 14.8. The molecule has 3 heteroatoms. The fourth-order valence-electron chi connectivity index (χ4n) is 3.87. The third-order valence-corrected chi connectivity index (χ3v) is 4.72. The van der Waals surface area contributed by atoms with E-state index in [0.717, 1.165) is 31.3 Å². The molecule has 1 saturated heterocycles. The fraction of sp³-hybridized carbons (Fsp3) is 0.938. The molecule has 110 valence electrons. The predicted octanol–water partition coefficient (Wildman–Crippen LogP) is 2.71. The molecule has 1 aliphatic carbocycles. The van der Waals surface area contributed by atoms with Crippen LogP contribution in [-0.4, -0.2) is 25.0 Å². The third-order valence-electron chi connectivity index (χ3n) is 4.72. The van der Waals surface area contributed by atoms with Crippen molar-refractivity contribution in [1.82, 2.24) is 10.6 Å². The smallest absolute Gasteiger partial charge is 0.220 e. The van der Waals surface area contributed by atoms with E-state index >= 15 is 0 Å². The Bertz CT molecular complexity index is 276. The molecular formula is C16H30N2O. The maximum atomic E-state index is 12.0. The molecule has 1 heterocycles. The Morgan fingerprint density at radius 3 is 2.58 bits per heavy atom. The molecule has 0 aromatic rings. The monoisotopic (exact) mass is 266 g/mol. The minimum absolute atomic E-state index is 0.275. The summed E-state index contributed by atoms with van der Waals surface area (Å²) in [6, 6.07) is 0.427. The lowest BCUT2D eigenvalue weighted by atomic mass is 9.80. The van der Waals surface area contributed by atoms with Crippen molar-refractivity contribution in [2.45, 2.75) is 64.8 Å². The Hall–Kier alpha value is -0.570. The minimum Gasteiger partial charge on any atom is -0.353 e. The lowest BCUT2D eigenvalue weighted by Gasteiger charge is -2.32. The lowest BCUT2D eigenvalue weighted by molar-refractivity contribution is -0.122. The molecule has 19 heavy (non-hydrogen) atoms. The van der Waals surface area contributed by atoms with E-state index in [2.05, 4.69) is 24.5 Å². The van der Waals surface area contributed by atoms with Crippen molar-refractivity contribution in [2.24, 2.45) is 17.8 Å². The van der Waals surface area contributed by atoms with Gasteiger partial charge in [0.15, 0.2) is 0 Å². The van der Waals surface area contributed by atoms with E-state index in [4.69, 9.17) is 0 Å². The number of piperidine rings is 1. The van der Waals surface area contributed by atoms with E-state index in [9.17, 15) is 4.79 Å². The summed E-state index contributed by atoms with van der Waals surface area (Å²) in [5, 5.41) is 6.68. The molecule has 0 spiro atoms. The van der Waals surface area contributed by atoms with Crippen molar-refractivity contribution in [3.05, 3.63) is 0 Å². The van der Waals surface area contributed by atoms with Gasteiger partial charge in [0.2, 0.25) is 5.91 Å². The van der Waals surface area contributed by atoms with E-state index < -0.39 is 0 Å². The maximum Gasteiger partial charge on any atom is 0.220 e. The summed E-state index contributed by atoms with van der Waals surface area (Å²) in [5.74, 6) is 2.51. The summed E-state index contributed by atoms with van der Waals surface area (Å²) < 4.78 is 0. The molecule has 3 nitrogen and oxygen atoms in total. The molecule has 2 rings (SSSR count). The van der Waals surface area contributed by atoms with E-state index in [-0.39, 0.29) is 5.91 Å². The van der Waals surface area contributed by atoms with Crippen molar-refractivity contribution in [2.75, 3.05) is 13.1 Å². The molecule has 0 bridgehead atoms. The second kappa shape index (κ2) is 7.28. The Kier molecular flexibility index (Phi) is 5.68. The molecule has 2 N–H and O–H groups in total. The maximum absolute atomic E-state index is 12.0. The molecule has 0 aromatic heterocycles. The van der Waals surface area contributed by atoms with Crippen molar-refractivity contribution in [3.63, 3.8) is 0 Å². The average molecular weight is 266 g/mol. The van der Waals surface area contributed by atoms with E-state index in [1.54, 1.807) is 0 Å². The van der Waals surface area contributed by atoms with Gasteiger partial charge >= 0.3 is 0 Å². The second-order valence-corrected chi connectivity index (χ2v) is 6.93. The number of nitrogens with one attached hydrogen (secondary N) is 2. The van der Waals surface area contributed by atoms with Gasteiger partial charge in [-0.3, -0.25) is 4.79 Å². The topological polar surface area (TPSA) is 41.1 Å². The summed E-state index contributed by atoms with van der Waals surface area (Å²) in [7, 11) is 0. The van der Waals surface area contributed by atoms with Gasteiger partial charge in [0.25, 0.3) is 0 Å². The molecule has 2 aliphatic rings. The minimum atomic E-state index is 0.275. The van der Waals surface area contributed by atoms with Crippen LogP contribution in [0.15, 0.2) is 0 Å². The quantitative estimate of drug-likeness (QED) is 0.821. The highest BCUT2D eigenvalue weighted by Crippen LogP contribution is 2.28. The van der Waals surface area contributed by atoms with Crippen molar-refractivity contribution >= 4 is 5.91 Å². The van der Waals surface area contributed by atoms with Gasteiger partial charge in [-0.2, -0.15) is 0 Å². The van der Waals surface area contributed by atoms with Gasteiger partial charge in [-0.05, 0) is 69.4 Å². The fourth-order valence-corrected chi connectivity index (χ4v) is 3.87. The third kappa shape index (κ3) is 5.13. The predicted molar refractivity (Wildman–Crippen MR) is 78.9 cm³/mol. The van der Waals surface area contributed by atoms with Crippen LogP contribution < -0.4 is 10.6 Å². The molecular weight excluding hydrogens is 236 g/mol. The van der Waals surface area contributed by atoms with Crippen LogP contribution >= 0.6 is 0 Å². The van der Waals surface area contributed by atoms with Gasteiger partial charge in [-0.1, -0.05) is 13.8 Å². The molecule has 0 radical (unpaired) electrons. The van der Waals surface area contributed by atoms with Gasteiger partial charge in [0.1, 0.15) is 0 Å². The van der Waals surface area contributed by atoms with Crippen LogP contribution in [0.3, 0.4) is 0 Å². The average Bonchev–Trinajstić information content (AvgIpc) is 2.36. The standard InChI is InChI=1S/C16H30N2O/c1-12-8-13(2)10-15(9-12)18-16(19)6-5-14-4-3-7-17-11-14/h12-15,17H,3-11H2,1-2H3,(H,18,19). The highest BCUT2D eigenvalue weighted by atomic mass is 16.1. The van der Waals surface area contributed by atoms with Gasteiger partial charge < -0.3 is 10.6 Å². The summed E-state index contributed by atoms with van der Waals surface area (Å²) in [6.45, 7) is 6.87. The second-order valence-electron chi connectivity index (χ2n) is 6.93. The number of hydrogen-bond donors (Lipinski definition) is 2. The Labute approximate surface area is 117 Å².